The molecule has 1 aliphatic rings. The fourth-order valence-electron chi connectivity index (χ4n) is 1.08. The summed E-state index contributed by atoms with van der Waals surface area (Å²) in [6, 6.07) is 0. The summed E-state index contributed by atoms with van der Waals surface area (Å²) in [6.07, 6.45) is 3.24. The number of allylic oxidation sites excluding steroid dienone is 3. The van der Waals surface area contributed by atoms with Crippen LogP contribution in [0.3, 0.4) is 0 Å². The van der Waals surface area contributed by atoms with Crippen molar-refractivity contribution in [2.45, 2.75) is 48.0 Å². The van der Waals surface area contributed by atoms with E-state index in [0.717, 1.165) is 12.0 Å². The van der Waals surface area contributed by atoms with Gasteiger partial charge in [0, 0.05) is 63.2 Å². The number of hydrogen-bond donors (Lipinski definition) is 0. The zero-order chi connectivity index (χ0) is 13.9. The summed E-state index contributed by atoms with van der Waals surface area (Å²) in [7, 11) is 0. The molecule has 0 atom stereocenters. The molecule has 0 spiro atoms. The first kappa shape index (κ1) is 30.5. The fourth-order valence-corrected chi connectivity index (χ4v) is 1.85. The van der Waals surface area contributed by atoms with Gasteiger partial charge in [-0.25, -0.2) is 0 Å². The van der Waals surface area contributed by atoms with Crippen molar-refractivity contribution >= 4 is 8.30 Å². The second-order valence-corrected chi connectivity index (χ2v) is 8.65. The molecule has 0 aromatic carbocycles. The van der Waals surface area contributed by atoms with E-state index in [1.54, 1.807) is 0 Å². The Hall–Kier alpha value is 2.66. The van der Waals surface area contributed by atoms with Gasteiger partial charge in [-0.3, -0.25) is 0 Å². The minimum atomic E-state index is 0. The third kappa shape index (κ3) is 14.3. The quantitative estimate of drug-likeness (QED) is 0.326. The van der Waals surface area contributed by atoms with Gasteiger partial charge >= 0.3 is 130 Å². The van der Waals surface area contributed by atoms with E-state index >= 15 is 0 Å². The molecule has 0 N–H and O–H groups in total. The minimum Gasteiger partial charge on any atom is 0 e. The maximum absolute atomic E-state index is 5.81. The second kappa shape index (κ2) is 13.0. The Bertz CT molecular complexity index is 353. The van der Waals surface area contributed by atoms with Gasteiger partial charge in [0.15, 0.2) is 0 Å². The molecular weight excluding hydrogens is 1100 g/mol. The van der Waals surface area contributed by atoms with Crippen LogP contribution in [-0.2, 0) is 102 Å². The van der Waals surface area contributed by atoms with Gasteiger partial charge in [-0.2, -0.15) is 0 Å². The Kier molecular flexibility index (Phi) is 19.9. The normalized spacial score (nSPS) is 13.8. The zero-order valence-electron chi connectivity index (χ0n) is 12.9. The molecule has 0 bridgehead atoms. The van der Waals surface area contributed by atoms with Crippen molar-refractivity contribution in [3.8, 4) is 0 Å². The summed E-state index contributed by atoms with van der Waals surface area (Å²) in [6.45, 7) is 19.0. The molecule has 0 fully saturated rings. The second-order valence-electron chi connectivity index (χ2n) is 6.34. The topological polar surface area (TPSA) is 0 Å². The molecular formula is C15H22W5-2. The zero-order valence-corrected chi connectivity index (χ0v) is 27.6. The van der Waals surface area contributed by atoms with E-state index in [2.05, 4.69) is 52.0 Å². The molecule has 0 saturated heterocycles. The van der Waals surface area contributed by atoms with E-state index in [1.807, 2.05) is 0 Å². The summed E-state index contributed by atoms with van der Waals surface area (Å²) >= 11 is 2.93. The SMILES string of the molecule is CC(C)(C)[C-]=[W].[CH-]=C1CC(C(C)(C)C)=C[C]1=[W].[W].[W].[W]. The Labute approximate surface area is 190 Å². The molecule has 0 unspecified atom stereocenters. The fraction of sp³-hybridized carbons (Fsp3) is 0.600. The molecule has 0 nitrogen and oxygen atoms in total. The van der Waals surface area contributed by atoms with Crippen LogP contribution in [0.5, 0.6) is 0 Å². The Balaban J connectivity index is -0.000000126. The molecule has 0 amide bonds. The van der Waals surface area contributed by atoms with Crippen LogP contribution >= 0.6 is 0 Å². The van der Waals surface area contributed by atoms with E-state index in [1.165, 1.54) is 48.2 Å². The van der Waals surface area contributed by atoms with Crippen LogP contribution in [0.25, 0.3) is 0 Å². The monoisotopic (exact) mass is 1120 g/mol. The molecule has 0 heterocycles. The van der Waals surface area contributed by atoms with E-state index in [4.69, 9.17) is 6.58 Å². The van der Waals surface area contributed by atoms with Crippen LogP contribution < -0.4 is 0 Å². The van der Waals surface area contributed by atoms with Gasteiger partial charge in [0.05, 0.1) is 0 Å². The van der Waals surface area contributed by atoms with Gasteiger partial charge in [0.2, 0.25) is 0 Å². The molecule has 0 aromatic rings. The Morgan fingerprint density at radius 2 is 1.40 bits per heavy atom. The summed E-state index contributed by atoms with van der Waals surface area (Å²) in [5.41, 5.74) is 3.17. The average Bonchev–Trinajstić information content (AvgIpc) is 2.46. The summed E-state index contributed by atoms with van der Waals surface area (Å²) in [5.74, 6) is 0. The van der Waals surface area contributed by atoms with Crippen molar-refractivity contribution in [3.63, 3.8) is 0 Å². The van der Waals surface area contributed by atoms with Crippen LogP contribution in [0, 0.1) is 17.4 Å². The molecule has 0 aliphatic heterocycles. The van der Waals surface area contributed by atoms with Crippen molar-refractivity contribution in [1.82, 2.24) is 0 Å². The van der Waals surface area contributed by atoms with Gasteiger partial charge in [0.25, 0.3) is 0 Å². The van der Waals surface area contributed by atoms with Gasteiger partial charge in [-0.1, -0.05) is 0 Å². The molecule has 0 saturated carbocycles. The van der Waals surface area contributed by atoms with Gasteiger partial charge in [0.1, 0.15) is 0 Å². The third-order valence-corrected chi connectivity index (χ3v) is 5.84. The summed E-state index contributed by atoms with van der Waals surface area (Å²) < 4.78 is 4.52. The van der Waals surface area contributed by atoms with Gasteiger partial charge in [-0.15, -0.1) is 0 Å². The Morgan fingerprint density at radius 3 is 1.50 bits per heavy atom. The maximum Gasteiger partial charge on any atom is 0 e. The van der Waals surface area contributed by atoms with E-state index in [9.17, 15) is 0 Å². The molecule has 114 valence electrons. The molecule has 1 rings (SSSR count). The van der Waals surface area contributed by atoms with Crippen molar-refractivity contribution in [2.75, 3.05) is 0 Å². The van der Waals surface area contributed by atoms with Gasteiger partial charge in [-0.05, 0) is 0 Å². The molecule has 1 aliphatic carbocycles. The van der Waals surface area contributed by atoms with E-state index in [-0.39, 0.29) is 63.2 Å². The first-order valence-corrected chi connectivity index (χ1v) is 8.66. The van der Waals surface area contributed by atoms with E-state index in [0.29, 0.717) is 10.8 Å². The van der Waals surface area contributed by atoms with E-state index < -0.39 is 0 Å². The minimum absolute atomic E-state index is 0. The molecule has 0 radical (unpaired) electrons. The smallest absolute Gasteiger partial charge is 0 e. The maximum atomic E-state index is 5.81. The average molecular weight is 1120 g/mol. The first-order valence-electron chi connectivity index (χ1n) is 5.73. The third-order valence-electron chi connectivity index (χ3n) is 2.27. The van der Waals surface area contributed by atoms with Crippen molar-refractivity contribution < 1.29 is 102 Å². The van der Waals surface area contributed by atoms with Crippen LogP contribution in [0.1, 0.15) is 48.0 Å². The predicted molar refractivity (Wildman–Crippen MR) is 69.4 cm³/mol. The van der Waals surface area contributed by atoms with Gasteiger partial charge < -0.3 is 0 Å². The molecule has 0 aromatic heterocycles. The predicted octanol–water partition coefficient (Wildman–Crippen LogP) is 3.69. The first-order chi connectivity index (χ1) is 7.47. The molecule has 20 heavy (non-hydrogen) atoms. The van der Waals surface area contributed by atoms with Crippen LogP contribution in [0.2, 0.25) is 0 Å². The summed E-state index contributed by atoms with van der Waals surface area (Å²) in [5, 5.41) is 0. The van der Waals surface area contributed by atoms with Crippen LogP contribution in [0.15, 0.2) is 17.2 Å². The standard InChI is InChI=1S/C10H13.C5H9.5W/c1-8-5-6-9(7-8)10(2,3)4;1-5(2,3)4;;;;;/h1,6H,7H2,2-4H3;1-3H3;;;;;/q2*-1;;;;;. The number of rotatable bonds is 0. The van der Waals surface area contributed by atoms with Crippen molar-refractivity contribution in [3.05, 3.63) is 23.8 Å². The largest absolute Gasteiger partial charge is 0 e. The summed E-state index contributed by atoms with van der Waals surface area (Å²) in [4.78, 5) is 0. The Morgan fingerprint density at radius 1 is 1.05 bits per heavy atom. The van der Waals surface area contributed by atoms with Crippen molar-refractivity contribution in [1.29, 1.82) is 0 Å². The van der Waals surface area contributed by atoms with Crippen LogP contribution in [0.4, 0.5) is 0 Å². The molecule has 5 heteroatoms. The number of hydrogen-bond acceptors (Lipinski definition) is 0. The van der Waals surface area contributed by atoms with Crippen LogP contribution in [-0.4, -0.2) is 8.30 Å². The van der Waals surface area contributed by atoms with Crippen molar-refractivity contribution in [2.24, 2.45) is 10.8 Å².